The van der Waals surface area contributed by atoms with E-state index < -0.39 is 31.9 Å². The molecule has 2 aromatic rings. The Balaban J connectivity index is 1.75. The number of nitriles is 1. The number of carbonyl (C=O) groups excluding carboxylic acids is 1. The van der Waals surface area contributed by atoms with Crippen LogP contribution < -0.4 is 14.2 Å². The van der Waals surface area contributed by atoms with Gasteiger partial charge in [0.1, 0.15) is 6.61 Å². The molecule has 42 heavy (non-hydrogen) atoms. The summed E-state index contributed by atoms with van der Waals surface area (Å²) in [5.74, 6) is -0.958. The van der Waals surface area contributed by atoms with Gasteiger partial charge in [-0.15, -0.1) is 0 Å². The zero-order valence-electron chi connectivity index (χ0n) is 23.8. The van der Waals surface area contributed by atoms with Crippen molar-refractivity contribution >= 4 is 58.8 Å². The number of sulfonamides is 2. The summed E-state index contributed by atoms with van der Waals surface area (Å²) in [6.45, 7) is 3.87. The average Bonchev–Trinajstić information content (AvgIpc) is 2.85. The number of rotatable bonds is 10. The third-order valence-electron chi connectivity index (χ3n) is 7.14. The lowest BCUT2D eigenvalue weighted by Crippen LogP contribution is -2.32. The van der Waals surface area contributed by atoms with Crippen LogP contribution in [0, 0.1) is 23.2 Å². The Hall–Kier alpha value is -3.21. The topological polar surface area (TPSA) is 155 Å². The van der Waals surface area contributed by atoms with Crippen molar-refractivity contribution in [1.29, 1.82) is 5.26 Å². The molecule has 13 heteroatoms. The average molecular weight is 678 g/mol. The fourth-order valence-corrected chi connectivity index (χ4v) is 7.29. The van der Waals surface area contributed by atoms with E-state index >= 15 is 0 Å². The highest BCUT2D eigenvalue weighted by Crippen LogP contribution is 2.47. The number of ketones is 1. The van der Waals surface area contributed by atoms with Gasteiger partial charge in [-0.25, -0.2) is 16.8 Å². The first-order valence-electron chi connectivity index (χ1n) is 13.4. The Morgan fingerprint density at radius 1 is 1.10 bits per heavy atom. The van der Waals surface area contributed by atoms with Gasteiger partial charge in [-0.1, -0.05) is 25.5 Å². The van der Waals surface area contributed by atoms with Crippen LogP contribution >= 0.6 is 15.9 Å². The molecule has 10 nitrogen and oxygen atoms in total. The van der Waals surface area contributed by atoms with Crippen molar-refractivity contribution in [3.8, 4) is 11.8 Å². The summed E-state index contributed by atoms with van der Waals surface area (Å²) < 4.78 is 59.4. The molecule has 0 radical (unpaired) electrons. The zero-order valence-corrected chi connectivity index (χ0v) is 27.0. The standard InChI is InChI=1S/C29H33BrN4O6S2/c1-5-7-18-11-24-28(26(35)12-18)27(22(15-31)17(2)32-24)20-13-23(30)29(25(14-20)34-42(4,38)39)40-16-19-8-6-9-21(10-19)33-41(3,36)37/h6,8-10,13-14,18,22,27,33-34H,5,7,11-12,16H2,1-4H3. The number of halogens is 1. The Morgan fingerprint density at radius 3 is 2.45 bits per heavy atom. The SMILES string of the molecule is CCCC1CC(=O)C2=C(C1)N=C(C)C(C#N)C2c1cc(Br)c(OCc2cccc(NS(C)(=O)=O)c2)c(NS(C)(=O)=O)c1. The number of carbonyl (C=O) groups is 1. The van der Waals surface area contributed by atoms with Gasteiger partial charge in [-0.05, 0) is 77.0 Å². The zero-order chi connectivity index (χ0) is 30.8. The molecule has 4 rings (SSSR count). The summed E-state index contributed by atoms with van der Waals surface area (Å²) in [4.78, 5) is 18.2. The highest BCUT2D eigenvalue weighted by Gasteiger charge is 2.41. The second-order valence-corrected chi connectivity index (χ2v) is 15.2. The van der Waals surface area contributed by atoms with E-state index in [4.69, 9.17) is 9.73 Å². The van der Waals surface area contributed by atoms with E-state index in [-0.39, 0.29) is 29.7 Å². The van der Waals surface area contributed by atoms with Gasteiger partial charge in [-0.3, -0.25) is 19.2 Å². The minimum atomic E-state index is -3.75. The molecule has 2 aliphatic rings. The van der Waals surface area contributed by atoms with Gasteiger partial charge in [0.05, 0.1) is 34.7 Å². The van der Waals surface area contributed by atoms with Crippen molar-refractivity contribution in [2.45, 2.75) is 52.1 Å². The molecule has 1 aliphatic carbocycles. The Kier molecular flexibility index (Phi) is 9.49. The summed E-state index contributed by atoms with van der Waals surface area (Å²) in [6.07, 6.45) is 4.99. The summed E-state index contributed by atoms with van der Waals surface area (Å²) in [7, 11) is -7.22. The first kappa shape index (κ1) is 31.7. The van der Waals surface area contributed by atoms with Crippen molar-refractivity contribution in [3.05, 3.63) is 63.3 Å². The monoisotopic (exact) mass is 676 g/mol. The van der Waals surface area contributed by atoms with Crippen LogP contribution in [-0.2, 0) is 31.4 Å². The van der Waals surface area contributed by atoms with Crippen molar-refractivity contribution in [2.24, 2.45) is 16.8 Å². The van der Waals surface area contributed by atoms with Crippen LogP contribution in [0.5, 0.6) is 5.75 Å². The van der Waals surface area contributed by atoms with Crippen molar-refractivity contribution in [2.75, 3.05) is 22.0 Å². The van der Waals surface area contributed by atoms with Crippen LogP contribution in [0.25, 0.3) is 0 Å². The molecule has 224 valence electrons. The van der Waals surface area contributed by atoms with E-state index in [9.17, 15) is 26.9 Å². The molecule has 2 N–H and O–H groups in total. The third kappa shape index (κ3) is 7.59. The Morgan fingerprint density at radius 2 is 1.81 bits per heavy atom. The normalized spacial score (nSPS) is 20.8. The quantitative estimate of drug-likeness (QED) is 0.337. The highest BCUT2D eigenvalue weighted by atomic mass is 79.9. The Labute approximate surface area is 255 Å². The van der Waals surface area contributed by atoms with Crippen LogP contribution in [0.2, 0.25) is 0 Å². The summed E-state index contributed by atoms with van der Waals surface area (Å²) in [5.41, 5.74) is 3.55. The minimum absolute atomic E-state index is 0.00170. The molecule has 2 aromatic carbocycles. The molecule has 3 unspecified atom stereocenters. The minimum Gasteiger partial charge on any atom is -0.486 e. The number of ether oxygens (including phenoxy) is 1. The predicted molar refractivity (Wildman–Crippen MR) is 166 cm³/mol. The lowest BCUT2D eigenvalue weighted by Gasteiger charge is -2.35. The number of anilines is 2. The van der Waals surface area contributed by atoms with Crippen LogP contribution in [0.3, 0.4) is 0 Å². The molecule has 0 fully saturated rings. The van der Waals surface area contributed by atoms with Gasteiger partial charge in [0, 0.05) is 35.0 Å². The van der Waals surface area contributed by atoms with E-state index in [0.29, 0.717) is 51.1 Å². The molecule has 0 saturated heterocycles. The smallest absolute Gasteiger partial charge is 0.229 e. The second-order valence-electron chi connectivity index (χ2n) is 10.8. The number of hydrogen-bond donors (Lipinski definition) is 2. The molecule has 0 bridgehead atoms. The maximum absolute atomic E-state index is 13.5. The van der Waals surface area contributed by atoms with E-state index in [1.54, 1.807) is 43.3 Å². The number of allylic oxidation sites excluding steroid dienone is 2. The highest BCUT2D eigenvalue weighted by molar-refractivity contribution is 9.10. The lowest BCUT2D eigenvalue weighted by molar-refractivity contribution is -0.117. The summed E-state index contributed by atoms with van der Waals surface area (Å²) >= 11 is 3.52. The number of aliphatic imine (C=N–C) groups is 1. The van der Waals surface area contributed by atoms with Crippen molar-refractivity contribution in [3.63, 3.8) is 0 Å². The van der Waals surface area contributed by atoms with Gasteiger partial charge in [0.2, 0.25) is 20.0 Å². The first-order valence-corrected chi connectivity index (χ1v) is 18.0. The number of Topliss-reactive ketones (excluding diaryl/α,β-unsaturated/α-hetero) is 1. The molecule has 0 aromatic heterocycles. The largest absolute Gasteiger partial charge is 0.486 e. The maximum Gasteiger partial charge on any atom is 0.229 e. The van der Waals surface area contributed by atoms with Gasteiger partial charge in [0.25, 0.3) is 0 Å². The molecule has 3 atom stereocenters. The summed E-state index contributed by atoms with van der Waals surface area (Å²) in [5, 5.41) is 10.1. The van der Waals surface area contributed by atoms with Gasteiger partial charge in [0.15, 0.2) is 11.5 Å². The van der Waals surface area contributed by atoms with E-state index in [1.807, 2.05) is 0 Å². The van der Waals surface area contributed by atoms with E-state index in [1.165, 1.54) is 0 Å². The van der Waals surface area contributed by atoms with Crippen LogP contribution in [0.1, 0.15) is 56.6 Å². The van der Waals surface area contributed by atoms with Crippen molar-refractivity contribution < 1.29 is 26.4 Å². The fraction of sp³-hybridized carbons (Fsp3) is 0.414. The van der Waals surface area contributed by atoms with Crippen LogP contribution in [0.15, 0.2) is 57.1 Å². The molecule has 1 heterocycles. The van der Waals surface area contributed by atoms with Crippen molar-refractivity contribution in [1.82, 2.24) is 0 Å². The van der Waals surface area contributed by atoms with E-state index in [2.05, 4.69) is 38.4 Å². The second kappa shape index (κ2) is 12.6. The van der Waals surface area contributed by atoms with Gasteiger partial charge >= 0.3 is 0 Å². The number of hydrogen-bond acceptors (Lipinski definition) is 8. The molecule has 0 amide bonds. The molecular formula is C29H33BrN4O6S2. The lowest BCUT2D eigenvalue weighted by atomic mass is 9.70. The fourth-order valence-electron chi connectivity index (χ4n) is 5.59. The Bertz CT molecular complexity index is 1730. The van der Waals surface area contributed by atoms with Gasteiger partial charge < -0.3 is 4.74 Å². The third-order valence-corrected chi connectivity index (χ3v) is 8.93. The van der Waals surface area contributed by atoms with Gasteiger partial charge in [-0.2, -0.15) is 5.26 Å². The van der Waals surface area contributed by atoms with Crippen LogP contribution in [0.4, 0.5) is 11.4 Å². The predicted octanol–water partition coefficient (Wildman–Crippen LogP) is 5.50. The molecule has 0 spiro atoms. The van der Waals surface area contributed by atoms with E-state index in [0.717, 1.165) is 25.4 Å². The van der Waals surface area contributed by atoms with Crippen LogP contribution in [-0.4, -0.2) is 40.8 Å². The first-order chi connectivity index (χ1) is 19.7. The molecular weight excluding hydrogens is 644 g/mol. The number of nitrogens with zero attached hydrogens (tertiary/aromatic N) is 2. The molecule has 0 saturated carbocycles. The number of benzene rings is 2. The molecule has 1 aliphatic heterocycles. The maximum atomic E-state index is 13.5. The summed E-state index contributed by atoms with van der Waals surface area (Å²) in [6, 6.07) is 12.3. The number of nitrogens with one attached hydrogen (secondary N) is 2.